The number of nitrogens with zero attached hydrogens (tertiary/aromatic N) is 2. The molecule has 0 unspecified atom stereocenters. The van der Waals surface area contributed by atoms with Crippen molar-refractivity contribution in [3.05, 3.63) is 29.3 Å². The number of hydrogen-bond donors (Lipinski definition) is 1. The van der Waals surface area contributed by atoms with Gasteiger partial charge in [0.1, 0.15) is 5.75 Å². The normalized spacial score (nSPS) is 15.2. The van der Waals surface area contributed by atoms with Gasteiger partial charge >= 0.3 is 5.97 Å². The van der Waals surface area contributed by atoms with Crippen LogP contribution in [0.1, 0.15) is 30.9 Å². The third-order valence-corrected chi connectivity index (χ3v) is 4.54. The smallest absolute Gasteiger partial charge is 0.309 e. The van der Waals surface area contributed by atoms with Crippen LogP contribution in [0.3, 0.4) is 0 Å². The summed E-state index contributed by atoms with van der Waals surface area (Å²) >= 11 is 0. The molecule has 6 nitrogen and oxygen atoms in total. The highest BCUT2D eigenvalue weighted by molar-refractivity contribution is 14.0. The fourth-order valence-corrected chi connectivity index (χ4v) is 3.15. The molecule has 1 saturated heterocycles. The number of esters is 1. The maximum Gasteiger partial charge on any atom is 0.309 e. The van der Waals surface area contributed by atoms with Crippen molar-refractivity contribution in [1.29, 1.82) is 0 Å². The van der Waals surface area contributed by atoms with Gasteiger partial charge in [0.2, 0.25) is 0 Å². The van der Waals surface area contributed by atoms with Crippen molar-refractivity contribution in [1.82, 2.24) is 10.2 Å². The maximum atomic E-state index is 11.8. The Hall–Kier alpha value is -1.51. The Morgan fingerprint density at radius 2 is 2.04 bits per heavy atom. The summed E-state index contributed by atoms with van der Waals surface area (Å²) in [6.07, 6.45) is 1.61. The van der Waals surface area contributed by atoms with Gasteiger partial charge in [-0.05, 0) is 43.9 Å². The molecule has 1 heterocycles. The first-order chi connectivity index (χ1) is 12.1. The average molecular weight is 475 g/mol. The fraction of sp³-hybridized carbons (Fsp3) is 0.579. The molecule has 0 saturated carbocycles. The van der Waals surface area contributed by atoms with Gasteiger partial charge in [0, 0.05) is 26.7 Å². The van der Waals surface area contributed by atoms with Crippen molar-refractivity contribution >= 4 is 35.9 Å². The monoisotopic (exact) mass is 475 g/mol. The highest BCUT2D eigenvalue weighted by Gasteiger charge is 2.27. The summed E-state index contributed by atoms with van der Waals surface area (Å²) in [5, 5.41) is 3.41. The molecule has 0 atom stereocenters. The molecule has 0 radical (unpaired) electrons. The molecular weight excluding hydrogens is 445 g/mol. The number of carbonyl (C=O) groups is 1. The Bertz CT molecular complexity index is 614. The molecule has 0 bridgehead atoms. The van der Waals surface area contributed by atoms with Crippen LogP contribution in [0.2, 0.25) is 0 Å². The van der Waals surface area contributed by atoms with Gasteiger partial charge in [0.25, 0.3) is 0 Å². The third kappa shape index (κ3) is 6.03. The lowest BCUT2D eigenvalue weighted by molar-refractivity contribution is -0.149. The first-order valence-electron chi connectivity index (χ1n) is 8.84. The van der Waals surface area contributed by atoms with Gasteiger partial charge in [0.05, 0.1) is 19.6 Å². The Kier molecular flexibility index (Phi) is 9.75. The number of hydrogen-bond acceptors (Lipinski definition) is 4. The van der Waals surface area contributed by atoms with E-state index in [0.29, 0.717) is 13.2 Å². The van der Waals surface area contributed by atoms with E-state index in [1.807, 2.05) is 19.9 Å². The zero-order chi connectivity index (χ0) is 18.2. The van der Waals surface area contributed by atoms with Gasteiger partial charge in [-0.1, -0.05) is 12.1 Å². The standard InChI is InChI=1S/C19H29N3O3.HI/c1-5-25-18(23)16-8-10-22(11-9-16)19(20-3)21-13-15-6-7-17(24-4)14(2)12-15;/h6-7,12,16H,5,8-11,13H2,1-4H3,(H,20,21);1H. The minimum Gasteiger partial charge on any atom is -0.496 e. The first-order valence-corrected chi connectivity index (χ1v) is 8.84. The Morgan fingerprint density at radius 3 is 2.58 bits per heavy atom. The zero-order valence-electron chi connectivity index (χ0n) is 16.1. The highest BCUT2D eigenvalue weighted by atomic mass is 127. The van der Waals surface area contributed by atoms with Crippen molar-refractivity contribution in [3.63, 3.8) is 0 Å². The number of aryl methyl sites for hydroxylation is 1. The minimum atomic E-state index is -0.0706. The van der Waals surface area contributed by atoms with E-state index in [0.717, 1.165) is 43.2 Å². The van der Waals surface area contributed by atoms with E-state index in [1.165, 1.54) is 5.56 Å². The van der Waals surface area contributed by atoms with E-state index in [1.54, 1.807) is 14.2 Å². The molecule has 146 valence electrons. The van der Waals surface area contributed by atoms with Crippen molar-refractivity contribution in [2.45, 2.75) is 33.2 Å². The molecule has 0 spiro atoms. The van der Waals surface area contributed by atoms with E-state index in [4.69, 9.17) is 9.47 Å². The van der Waals surface area contributed by atoms with Crippen LogP contribution >= 0.6 is 24.0 Å². The molecule has 1 aliphatic heterocycles. The van der Waals surface area contributed by atoms with Crippen LogP contribution in [0, 0.1) is 12.8 Å². The van der Waals surface area contributed by atoms with Crippen LogP contribution in [-0.4, -0.2) is 50.7 Å². The highest BCUT2D eigenvalue weighted by Crippen LogP contribution is 2.20. The van der Waals surface area contributed by atoms with E-state index < -0.39 is 0 Å². The van der Waals surface area contributed by atoms with Gasteiger partial charge in [-0.2, -0.15) is 0 Å². The van der Waals surface area contributed by atoms with Gasteiger partial charge in [-0.3, -0.25) is 9.79 Å². The SMILES string of the molecule is CCOC(=O)C1CCN(C(=NC)NCc2ccc(OC)c(C)c2)CC1.I. The van der Waals surface area contributed by atoms with Crippen LogP contribution < -0.4 is 10.1 Å². The van der Waals surface area contributed by atoms with Crippen LogP contribution in [-0.2, 0) is 16.1 Å². The Labute approximate surface area is 173 Å². The molecule has 0 amide bonds. The van der Waals surface area contributed by atoms with Gasteiger partial charge < -0.3 is 19.7 Å². The quantitative estimate of drug-likeness (QED) is 0.307. The summed E-state index contributed by atoms with van der Waals surface area (Å²) in [7, 11) is 3.47. The molecule has 1 aromatic rings. The first kappa shape index (κ1) is 22.5. The van der Waals surface area contributed by atoms with E-state index in [-0.39, 0.29) is 35.9 Å². The Balaban J connectivity index is 0.00000338. The molecule has 1 aromatic carbocycles. The number of methoxy groups -OCH3 is 1. The zero-order valence-corrected chi connectivity index (χ0v) is 18.4. The number of halogens is 1. The molecule has 1 aliphatic rings. The van der Waals surface area contributed by atoms with Crippen LogP contribution in [0.15, 0.2) is 23.2 Å². The second-order valence-corrected chi connectivity index (χ2v) is 6.22. The molecule has 26 heavy (non-hydrogen) atoms. The average Bonchev–Trinajstić information content (AvgIpc) is 2.63. The van der Waals surface area contributed by atoms with Crippen LogP contribution in [0.4, 0.5) is 0 Å². The number of piperidine rings is 1. The van der Waals surface area contributed by atoms with Crippen LogP contribution in [0.5, 0.6) is 5.75 Å². The molecule has 0 aromatic heterocycles. The fourth-order valence-electron chi connectivity index (χ4n) is 3.15. The maximum absolute atomic E-state index is 11.8. The summed E-state index contributed by atoms with van der Waals surface area (Å²) < 4.78 is 10.4. The van der Waals surface area contributed by atoms with Crippen molar-refractivity contribution in [2.24, 2.45) is 10.9 Å². The van der Waals surface area contributed by atoms with Crippen molar-refractivity contribution in [2.75, 3.05) is 33.9 Å². The van der Waals surface area contributed by atoms with E-state index >= 15 is 0 Å². The number of likely N-dealkylation sites (tertiary alicyclic amines) is 1. The number of ether oxygens (including phenoxy) is 2. The summed E-state index contributed by atoms with van der Waals surface area (Å²) in [6, 6.07) is 6.16. The lowest BCUT2D eigenvalue weighted by Crippen LogP contribution is -2.46. The number of aliphatic imine (C=N–C) groups is 1. The second-order valence-electron chi connectivity index (χ2n) is 6.22. The summed E-state index contributed by atoms with van der Waals surface area (Å²) in [6.45, 7) is 6.66. The predicted molar refractivity (Wildman–Crippen MR) is 114 cm³/mol. The third-order valence-electron chi connectivity index (χ3n) is 4.54. The number of nitrogens with one attached hydrogen (secondary N) is 1. The van der Waals surface area contributed by atoms with Crippen molar-refractivity contribution in [3.8, 4) is 5.75 Å². The number of rotatable bonds is 5. The number of carbonyl (C=O) groups excluding carboxylic acids is 1. The van der Waals surface area contributed by atoms with E-state index in [2.05, 4.69) is 27.3 Å². The molecule has 7 heteroatoms. The molecule has 2 rings (SSSR count). The largest absolute Gasteiger partial charge is 0.496 e. The molecule has 1 N–H and O–H groups in total. The predicted octanol–water partition coefficient (Wildman–Crippen LogP) is 2.97. The molecule has 0 aliphatic carbocycles. The Morgan fingerprint density at radius 1 is 1.35 bits per heavy atom. The van der Waals surface area contributed by atoms with Crippen LogP contribution in [0.25, 0.3) is 0 Å². The second kappa shape index (κ2) is 11.3. The van der Waals surface area contributed by atoms with Gasteiger partial charge in [0.15, 0.2) is 5.96 Å². The van der Waals surface area contributed by atoms with Crippen molar-refractivity contribution < 1.29 is 14.3 Å². The topological polar surface area (TPSA) is 63.2 Å². The summed E-state index contributed by atoms with van der Waals surface area (Å²) in [5.41, 5.74) is 2.30. The van der Waals surface area contributed by atoms with Gasteiger partial charge in [-0.15, -0.1) is 24.0 Å². The van der Waals surface area contributed by atoms with E-state index in [9.17, 15) is 4.79 Å². The molecule has 1 fully saturated rings. The summed E-state index contributed by atoms with van der Waals surface area (Å²) in [5.74, 6) is 1.71. The van der Waals surface area contributed by atoms with Gasteiger partial charge in [-0.25, -0.2) is 0 Å². The number of benzene rings is 1. The molecular formula is C19H30IN3O3. The summed E-state index contributed by atoms with van der Waals surface area (Å²) in [4.78, 5) is 18.4. The number of guanidine groups is 1. The lowest BCUT2D eigenvalue weighted by Gasteiger charge is -2.33. The minimum absolute atomic E-state index is 0. The lowest BCUT2D eigenvalue weighted by atomic mass is 9.97.